The molecule has 0 amide bonds. The number of carbonyl (C=O) groups is 2. The number of carbonyl (C=O) groups excluding carboxylic acids is 2. The summed E-state index contributed by atoms with van der Waals surface area (Å²) in [6, 6.07) is 21.5. The van der Waals surface area contributed by atoms with Crippen LogP contribution in [0.3, 0.4) is 0 Å². The molecule has 0 aromatic heterocycles. The van der Waals surface area contributed by atoms with Gasteiger partial charge in [0, 0.05) is 11.8 Å². The lowest BCUT2D eigenvalue weighted by Crippen LogP contribution is -2.18. The van der Waals surface area contributed by atoms with Crippen LogP contribution in [0.2, 0.25) is 0 Å². The number of Topliss-reactive ketones (excluding diaryl/α,β-unsaturated/α-hetero) is 1. The zero-order valence-corrected chi connectivity index (χ0v) is 16.4. The van der Waals surface area contributed by atoms with Crippen molar-refractivity contribution in [1.82, 2.24) is 4.90 Å². The Kier molecular flexibility index (Phi) is 4.42. The molecule has 0 unspecified atom stereocenters. The van der Waals surface area contributed by atoms with Crippen LogP contribution in [0.25, 0.3) is 11.3 Å². The highest BCUT2D eigenvalue weighted by molar-refractivity contribution is 6.38. The Bertz CT molecular complexity index is 1330. The highest BCUT2D eigenvalue weighted by atomic mass is 16.1. The van der Waals surface area contributed by atoms with Crippen LogP contribution in [0.1, 0.15) is 11.1 Å². The molecule has 0 saturated heterocycles. The van der Waals surface area contributed by atoms with Gasteiger partial charge in [-0.05, 0) is 34.9 Å². The third-order valence-corrected chi connectivity index (χ3v) is 5.42. The molecule has 146 valence electrons. The van der Waals surface area contributed by atoms with Crippen molar-refractivity contribution < 1.29 is 9.59 Å². The third kappa shape index (κ3) is 3.09. The van der Waals surface area contributed by atoms with Crippen molar-refractivity contribution in [2.45, 2.75) is 0 Å². The van der Waals surface area contributed by atoms with Crippen LogP contribution in [0.4, 0.5) is 0 Å². The largest absolute Gasteiger partial charge is 0.311 e. The molecule has 0 atom stereocenters. The molecule has 5 rings (SSSR count). The molecule has 2 heterocycles. The van der Waals surface area contributed by atoms with Gasteiger partial charge in [-0.1, -0.05) is 72.8 Å². The third-order valence-electron chi connectivity index (χ3n) is 5.42. The summed E-state index contributed by atoms with van der Waals surface area (Å²) < 4.78 is 0. The van der Waals surface area contributed by atoms with E-state index in [2.05, 4.69) is 6.07 Å². The Morgan fingerprint density at radius 2 is 1.39 bits per heavy atom. The fourth-order valence-corrected chi connectivity index (χ4v) is 3.98. The van der Waals surface area contributed by atoms with Crippen LogP contribution < -0.4 is 0 Å². The molecule has 0 radical (unpaired) electrons. The van der Waals surface area contributed by atoms with Crippen molar-refractivity contribution in [2.75, 3.05) is 0 Å². The van der Waals surface area contributed by atoms with E-state index in [-0.39, 0.29) is 11.6 Å². The molecule has 0 N–H and O–H groups in total. The Hall–Kier alpha value is -4.49. The average Bonchev–Trinajstić information content (AvgIpc) is 3.11. The number of nitrogens with zero attached hydrogens (tertiary/aromatic N) is 2. The normalized spacial score (nSPS) is 17.6. The van der Waals surface area contributed by atoms with E-state index < -0.39 is 0 Å². The zero-order chi connectivity index (χ0) is 21.4. The van der Waals surface area contributed by atoms with Crippen LogP contribution in [-0.4, -0.2) is 16.5 Å². The zero-order valence-electron chi connectivity index (χ0n) is 16.4. The molecule has 3 aliphatic rings. The van der Waals surface area contributed by atoms with Gasteiger partial charge in [-0.15, -0.1) is 0 Å². The summed E-state index contributed by atoms with van der Waals surface area (Å²) in [5, 5.41) is 9.85. The first-order valence-corrected chi connectivity index (χ1v) is 9.85. The lowest BCUT2D eigenvalue weighted by Gasteiger charge is -2.25. The van der Waals surface area contributed by atoms with Crippen LogP contribution >= 0.6 is 0 Å². The van der Waals surface area contributed by atoms with Gasteiger partial charge in [0.1, 0.15) is 6.07 Å². The fourth-order valence-electron chi connectivity index (χ4n) is 3.98. The maximum Gasteiger partial charge on any atom is 0.212 e. The molecule has 0 saturated carbocycles. The monoisotopic (exact) mass is 400 g/mol. The van der Waals surface area contributed by atoms with E-state index in [9.17, 15) is 14.9 Å². The maximum atomic E-state index is 13.6. The minimum Gasteiger partial charge on any atom is -0.311 e. The van der Waals surface area contributed by atoms with Gasteiger partial charge in [0.2, 0.25) is 5.78 Å². The Balaban J connectivity index is 1.74. The minimum absolute atomic E-state index is 0.101. The molecule has 31 heavy (non-hydrogen) atoms. The predicted molar refractivity (Wildman–Crippen MR) is 119 cm³/mol. The number of hydrogen-bond donors (Lipinski definition) is 0. The standard InChI is InChI=1S/C27H16N2O2/c28-16-21-17-29-24(15-23(21)18-11-13-22(30)14-12-18)27(31)25(19-7-3-1-4-8-19)26(29)20-9-5-2-6-10-20/h1-15,17H. The summed E-state index contributed by atoms with van der Waals surface area (Å²) in [5.41, 5.74) is 5.34. The van der Waals surface area contributed by atoms with Crippen LogP contribution in [0.5, 0.6) is 0 Å². The smallest absolute Gasteiger partial charge is 0.212 e. The first-order valence-electron chi connectivity index (χ1n) is 9.85. The van der Waals surface area contributed by atoms with Crippen LogP contribution in [0.15, 0.2) is 120 Å². The van der Waals surface area contributed by atoms with Crippen molar-refractivity contribution in [3.8, 4) is 6.07 Å². The second-order valence-corrected chi connectivity index (χ2v) is 7.28. The molecule has 0 spiro atoms. The van der Waals surface area contributed by atoms with E-state index in [1.165, 1.54) is 12.2 Å². The van der Waals surface area contributed by atoms with Gasteiger partial charge in [-0.2, -0.15) is 5.26 Å². The van der Waals surface area contributed by atoms with E-state index in [0.717, 1.165) is 22.4 Å². The summed E-state index contributed by atoms with van der Waals surface area (Å²) in [7, 11) is 0. The van der Waals surface area contributed by atoms with Crippen molar-refractivity contribution >= 4 is 22.8 Å². The Labute approximate surface area is 179 Å². The second-order valence-electron chi connectivity index (χ2n) is 7.28. The maximum absolute atomic E-state index is 13.6. The minimum atomic E-state index is -0.103. The number of nitriles is 1. The molecule has 4 nitrogen and oxygen atoms in total. The second kappa shape index (κ2) is 7.40. The molecule has 0 fully saturated rings. The molecule has 1 aliphatic carbocycles. The quantitative estimate of drug-likeness (QED) is 0.731. The first-order chi connectivity index (χ1) is 15.2. The summed E-state index contributed by atoms with van der Waals surface area (Å²) >= 11 is 0. The molecule has 4 heteroatoms. The highest BCUT2D eigenvalue weighted by Gasteiger charge is 2.38. The van der Waals surface area contributed by atoms with Gasteiger partial charge in [0.15, 0.2) is 5.78 Å². The predicted octanol–water partition coefficient (Wildman–Crippen LogP) is 4.74. The molecule has 2 aliphatic heterocycles. The summed E-state index contributed by atoms with van der Waals surface area (Å²) in [4.78, 5) is 26.9. The van der Waals surface area contributed by atoms with Crippen molar-refractivity contribution in [2.24, 2.45) is 0 Å². The number of allylic oxidation sites excluding steroid dienone is 9. The molecule has 2 aromatic carbocycles. The topological polar surface area (TPSA) is 61.2 Å². The lowest BCUT2D eigenvalue weighted by molar-refractivity contribution is -0.111. The van der Waals surface area contributed by atoms with Crippen LogP contribution in [-0.2, 0) is 9.59 Å². The van der Waals surface area contributed by atoms with Gasteiger partial charge in [-0.3, -0.25) is 9.59 Å². The first kappa shape index (κ1) is 18.5. The molecule has 2 aromatic rings. The number of benzene rings is 2. The van der Waals surface area contributed by atoms with E-state index in [4.69, 9.17) is 0 Å². The van der Waals surface area contributed by atoms with Gasteiger partial charge in [0.25, 0.3) is 0 Å². The van der Waals surface area contributed by atoms with Crippen LogP contribution in [0, 0.1) is 11.3 Å². The van der Waals surface area contributed by atoms with E-state index in [0.29, 0.717) is 22.4 Å². The highest BCUT2D eigenvalue weighted by Crippen LogP contribution is 2.44. The summed E-state index contributed by atoms with van der Waals surface area (Å²) in [6.07, 6.45) is 9.74. The van der Waals surface area contributed by atoms with E-state index >= 15 is 0 Å². The van der Waals surface area contributed by atoms with Crippen molar-refractivity contribution in [3.05, 3.63) is 131 Å². The summed E-state index contributed by atoms with van der Waals surface area (Å²) in [6.45, 7) is 0. The Morgan fingerprint density at radius 3 is 2.00 bits per heavy atom. The number of rotatable bonds is 2. The van der Waals surface area contributed by atoms with E-state index in [1.807, 2.05) is 65.6 Å². The SMILES string of the molecule is N#CC1=CN2C(=CC1=C1C=CC(=O)C=C1)C(=O)C(c1ccccc1)=C2c1ccccc1. The average molecular weight is 400 g/mol. The fraction of sp³-hybridized carbons (Fsp3) is 0. The Morgan fingerprint density at radius 1 is 0.774 bits per heavy atom. The number of hydrogen-bond acceptors (Lipinski definition) is 4. The van der Waals surface area contributed by atoms with E-state index in [1.54, 1.807) is 24.4 Å². The number of fused-ring (bicyclic) bond motifs is 1. The molecular formula is C27H16N2O2. The van der Waals surface area contributed by atoms with Gasteiger partial charge < -0.3 is 4.90 Å². The summed E-state index contributed by atoms with van der Waals surface area (Å²) in [5.74, 6) is -0.204. The lowest BCUT2D eigenvalue weighted by atomic mass is 9.93. The van der Waals surface area contributed by atoms with Gasteiger partial charge in [0.05, 0.1) is 22.5 Å². The molecular weight excluding hydrogens is 384 g/mol. The number of ketones is 2. The van der Waals surface area contributed by atoms with Crippen molar-refractivity contribution in [3.63, 3.8) is 0 Å². The van der Waals surface area contributed by atoms with Crippen molar-refractivity contribution in [1.29, 1.82) is 5.26 Å². The molecule has 0 bridgehead atoms. The van der Waals surface area contributed by atoms with Gasteiger partial charge in [-0.25, -0.2) is 0 Å². The van der Waals surface area contributed by atoms with Gasteiger partial charge >= 0.3 is 0 Å².